The second kappa shape index (κ2) is 5.08. The van der Waals surface area contributed by atoms with Crippen molar-refractivity contribution in [2.24, 2.45) is 5.73 Å². The van der Waals surface area contributed by atoms with E-state index >= 15 is 0 Å². The Morgan fingerprint density at radius 2 is 1.88 bits per heavy atom. The fraction of sp³-hybridized carbons (Fsp3) is 0.250. The Balaban J connectivity index is 3.25. The van der Waals surface area contributed by atoms with Crippen molar-refractivity contribution in [3.8, 4) is 17.6 Å². The molecule has 0 heterocycles. The average Bonchev–Trinajstić information content (AvgIpc) is 2.35. The van der Waals surface area contributed by atoms with Crippen LogP contribution in [-0.4, -0.2) is 14.2 Å². The standard InChI is InChI=1S/C12H14N2O2/c1-8(7-13)12(14)9-4-5-10(15-2)11(6-9)16-3/h4-6H,14H2,1-3H3/b12-8+. The summed E-state index contributed by atoms with van der Waals surface area (Å²) in [6.07, 6.45) is 0. The van der Waals surface area contributed by atoms with Gasteiger partial charge in [-0.3, -0.25) is 0 Å². The molecule has 0 aliphatic carbocycles. The molecule has 84 valence electrons. The summed E-state index contributed by atoms with van der Waals surface area (Å²) in [6.45, 7) is 1.67. The van der Waals surface area contributed by atoms with Gasteiger partial charge in [-0.05, 0) is 25.1 Å². The van der Waals surface area contributed by atoms with E-state index in [9.17, 15) is 0 Å². The van der Waals surface area contributed by atoms with Crippen molar-refractivity contribution >= 4 is 5.70 Å². The van der Waals surface area contributed by atoms with Crippen molar-refractivity contribution in [1.29, 1.82) is 5.26 Å². The van der Waals surface area contributed by atoms with E-state index in [1.807, 2.05) is 6.07 Å². The average molecular weight is 218 g/mol. The number of nitrogens with two attached hydrogens (primary N) is 1. The van der Waals surface area contributed by atoms with Crippen molar-refractivity contribution in [3.63, 3.8) is 0 Å². The predicted octanol–water partition coefficient (Wildman–Crippen LogP) is 1.92. The molecule has 1 aromatic carbocycles. The summed E-state index contributed by atoms with van der Waals surface area (Å²) in [7, 11) is 3.12. The molecule has 4 heteroatoms. The second-order valence-electron chi connectivity index (χ2n) is 3.22. The van der Waals surface area contributed by atoms with Crippen LogP contribution in [0.1, 0.15) is 12.5 Å². The Bertz CT molecular complexity index is 459. The molecule has 16 heavy (non-hydrogen) atoms. The minimum atomic E-state index is 0.448. The smallest absolute Gasteiger partial charge is 0.161 e. The molecule has 0 saturated carbocycles. The van der Waals surface area contributed by atoms with Gasteiger partial charge < -0.3 is 15.2 Å². The molecule has 0 bridgehead atoms. The number of benzene rings is 1. The molecule has 0 aliphatic heterocycles. The fourth-order valence-corrected chi connectivity index (χ4v) is 1.28. The van der Waals surface area contributed by atoms with Crippen LogP contribution in [0.25, 0.3) is 5.70 Å². The van der Waals surface area contributed by atoms with Gasteiger partial charge in [0.05, 0.1) is 26.0 Å². The zero-order chi connectivity index (χ0) is 12.1. The van der Waals surface area contributed by atoms with E-state index in [1.54, 1.807) is 39.3 Å². The fourth-order valence-electron chi connectivity index (χ4n) is 1.28. The zero-order valence-corrected chi connectivity index (χ0v) is 9.57. The van der Waals surface area contributed by atoms with E-state index in [2.05, 4.69) is 0 Å². The summed E-state index contributed by atoms with van der Waals surface area (Å²) in [6, 6.07) is 7.30. The number of nitrogens with zero attached hydrogens (tertiary/aromatic N) is 1. The molecule has 0 spiro atoms. The minimum absolute atomic E-state index is 0.448. The van der Waals surface area contributed by atoms with Crippen molar-refractivity contribution in [1.82, 2.24) is 0 Å². The van der Waals surface area contributed by atoms with Gasteiger partial charge in [-0.15, -0.1) is 0 Å². The molecule has 0 fully saturated rings. The monoisotopic (exact) mass is 218 g/mol. The van der Waals surface area contributed by atoms with Gasteiger partial charge in [0, 0.05) is 11.1 Å². The highest BCUT2D eigenvalue weighted by molar-refractivity contribution is 5.70. The molecule has 1 aromatic rings. The van der Waals surface area contributed by atoms with E-state index in [-0.39, 0.29) is 0 Å². The molecule has 0 aromatic heterocycles. The highest BCUT2D eigenvalue weighted by Gasteiger charge is 2.07. The third kappa shape index (κ3) is 2.26. The maximum absolute atomic E-state index is 8.75. The SMILES string of the molecule is COc1ccc(/C(N)=C(/C)C#N)cc1OC. The quantitative estimate of drug-likeness (QED) is 0.787. The molecule has 1 rings (SSSR count). The molecule has 0 unspecified atom stereocenters. The Kier molecular flexibility index (Phi) is 3.78. The van der Waals surface area contributed by atoms with Crippen LogP contribution in [0, 0.1) is 11.3 Å². The summed E-state index contributed by atoms with van der Waals surface area (Å²) in [5.41, 5.74) is 7.50. The topological polar surface area (TPSA) is 68.3 Å². The van der Waals surface area contributed by atoms with Gasteiger partial charge in [-0.2, -0.15) is 5.26 Å². The van der Waals surface area contributed by atoms with Crippen molar-refractivity contribution < 1.29 is 9.47 Å². The number of hydrogen-bond donors (Lipinski definition) is 1. The van der Waals surface area contributed by atoms with Crippen LogP contribution in [-0.2, 0) is 0 Å². The van der Waals surface area contributed by atoms with Gasteiger partial charge >= 0.3 is 0 Å². The van der Waals surface area contributed by atoms with Gasteiger partial charge in [0.25, 0.3) is 0 Å². The van der Waals surface area contributed by atoms with Crippen LogP contribution in [0.3, 0.4) is 0 Å². The summed E-state index contributed by atoms with van der Waals surface area (Å²) >= 11 is 0. The van der Waals surface area contributed by atoms with E-state index in [1.165, 1.54) is 0 Å². The molecule has 2 N–H and O–H groups in total. The van der Waals surface area contributed by atoms with Crippen molar-refractivity contribution in [3.05, 3.63) is 29.3 Å². The summed E-state index contributed by atoms with van der Waals surface area (Å²) in [5, 5.41) is 8.75. The Hall–Kier alpha value is -2.15. The maximum Gasteiger partial charge on any atom is 0.161 e. The molecule has 4 nitrogen and oxygen atoms in total. The number of methoxy groups -OCH3 is 2. The van der Waals surface area contributed by atoms with Crippen LogP contribution in [0.15, 0.2) is 23.8 Å². The minimum Gasteiger partial charge on any atom is -0.493 e. The molecule has 0 radical (unpaired) electrons. The van der Waals surface area contributed by atoms with Crippen molar-refractivity contribution in [2.75, 3.05) is 14.2 Å². The third-order valence-electron chi connectivity index (χ3n) is 2.27. The number of rotatable bonds is 3. The Morgan fingerprint density at radius 3 is 2.38 bits per heavy atom. The summed E-state index contributed by atoms with van der Waals surface area (Å²) < 4.78 is 10.3. The van der Waals surface area contributed by atoms with E-state index in [4.69, 9.17) is 20.5 Å². The Labute approximate surface area is 94.9 Å². The highest BCUT2D eigenvalue weighted by atomic mass is 16.5. The van der Waals surface area contributed by atoms with Gasteiger partial charge in [-0.1, -0.05) is 0 Å². The van der Waals surface area contributed by atoms with E-state index < -0.39 is 0 Å². The second-order valence-corrected chi connectivity index (χ2v) is 3.22. The predicted molar refractivity (Wildman–Crippen MR) is 61.9 cm³/mol. The molecule has 0 saturated heterocycles. The molecular formula is C12H14N2O2. The third-order valence-corrected chi connectivity index (χ3v) is 2.27. The first-order valence-electron chi connectivity index (χ1n) is 4.73. The maximum atomic E-state index is 8.75. The van der Waals surface area contributed by atoms with Crippen molar-refractivity contribution in [2.45, 2.75) is 6.92 Å². The number of nitriles is 1. The molecule has 0 aliphatic rings. The zero-order valence-electron chi connectivity index (χ0n) is 9.57. The van der Waals surface area contributed by atoms with Gasteiger partial charge in [0.1, 0.15) is 0 Å². The van der Waals surface area contributed by atoms with Crippen LogP contribution >= 0.6 is 0 Å². The van der Waals surface area contributed by atoms with Gasteiger partial charge in [0.2, 0.25) is 0 Å². The lowest BCUT2D eigenvalue weighted by Crippen LogP contribution is -2.00. The lowest BCUT2D eigenvalue weighted by molar-refractivity contribution is 0.355. The van der Waals surface area contributed by atoms with Crippen LogP contribution in [0.2, 0.25) is 0 Å². The summed E-state index contributed by atoms with van der Waals surface area (Å²) in [4.78, 5) is 0. The largest absolute Gasteiger partial charge is 0.493 e. The van der Waals surface area contributed by atoms with E-state index in [0.717, 1.165) is 5.56 Å². The number of ether oxygens (including phenoxy) is 2. The lowest BCUT2D eigenvalue weighted by atomic mass is 10.1. The Morgan fingerprint density at radius 1 is 1.25 bits per heavy atom. The normalized spacial score (nSPS) is 11.4. The van der Waals surface area contributed by atoms with Gasteiger partial charge in [0.15, 0.2) is 11.5 Å². The summed E-state index contributed by atoms with van der Waals surface area (Å²) in [5.74, 6) is 1.22. The molecule has 0 atom stereocenters. The van der Waals surface area contributed by atoms with E-state index in [0.29, 0.717) is 22.8 Å². The van der Waals surface area contributed by atoms with Gasteiger partial charge in [-0.25, -0.2) is 0 Å². The first-order valence-corrected chi connectivity index (χ1v) is 4.73. The first kappa shape index (κ1) is 11.9. The van der Waals surface area contributed by atoms with Crippen LogP contribution in [0.4, 0.5) is 0 Å². The van der Waals surface area contributed by atoms with Crippen LogP contribution < -0.4 is 15.2 Å². The first-order chi connectivity index (χ1) is 7.63. The number of allylic oxidation sites excluding steroid dienone is 1. The highest BCUT2D eigenvalue weighted by Crippen LogP contribution is 2.29. The van der Waals surface area contributed by atoms with Crippen LogP contribution in [0.5, 0.6) is 11.5 Å². The molecule has 0 amide bonds. The molecular weight excluding hydrogens is 204 g/mol. The lowest BCUT2D eigenvalue weighted by Gasteiger charge is -2.10. The number of hydrogen-bond acceptors (Lipinski definition) is 4.